The van der Waals surface area contributed by atoms with Crippen LogP contribution in [0.25, 0.3) is 32.4 Å². The Morgan fingerprint density at radius 1 is 1.06 bits per heavy atom. The molecule has 0 fully saturated rings. The van der Waals surface area contributed by atoms with Gasteiger partial charge in [0, 0.05) is 17.3 Å². The molecule has 0 amide bonds. The molecule has 0 atom stereocenters. The molecule has 3 nitrogen and oxygen atoms in total. The molecule has 4 rings (SSSR count). The number of benzene rings is 1. The van der Waals surface area contributed by atoms with E-state index in [-0.39, 0.29) is 0 Å². The smallest absolute Gasteiger partial charge is 0.110 e. The molecule has 0 saturated heterocycles. The Balaban J connectivity index is 2.01. The standard InChI is InChI=1S/C13H9N3S/c1-2-9(7-11-8(1)3-5-14-11)12-13-10(15-16-12)4-6-17-13/h1-7,14H,(H,15,16). The van der Waals surface area contributed by atoms with Gasteiger partial charge in [0.15, 0.2) is 0 Å². The van der Waals surface area contributed by atoms with Crippen molar-refractivity contribution in [2.45, 2.75) is 0 Å². The molecule has 1 aromatic carbocycles. The van der Waals surface area contributed by atoms with Crippen molar-refractivity contribution >= 4 is 32.5 Å². The largest absolute Gasteiger partial charge is 0.361 e. The van der Waals surface area contributed by atoms with E-state index in [0.29, 0.717) is 0 Å². The van der Waals surface area contributed by atoms with Crippen LogP contribution in [0.5, 0.6) is 0 Å². The average Bonchev–Trinajstić information content (AvgIpc) is 3.03. The normalized spacial score (nSPS) is 11.5. The first-order chi connectivity index (χ1) is 8.42. The first-order valence-corrected chi connectivity index (χ1v) is 6.29. The summed E-state index contributed by atoms with van der Waals surface area (Å²) >= 11 is 1.72. The first-order valence-electron chi connectivity index (χ1n) is 5.41. The fourth-order valence-corrected chi connectivity index (χ4v) is 2.99. The summed E-state index contributed by atoms with van der Waals surface area (Å²) in [5.41, 5.74) is 4.44. The van der Waals surface area contributed by atoms with Crippen molar-refractivity contribution in [3.63, 3.8) is 0 Å². The Labute approximate surface area is 101 Å². The number of nitrogens with one attached hydrogen (secondary N) is 2. The Kier molecular flexibility index (Phi) is 1.70. The maximum atomic E-state index is 4.39. The van der Waals surface area contributed by atoms with Crippen LogP contribution >= 0.6 is 11.3 Å². The molecule has 0 spiro atoms. The summed E-state index contributed by atoms with van der Waals surface area (Å²) in [7, 11) is 0. The fraction of sp³-hybridized carbons (Fsp3) is 0. The van der Waals surface area contributed by atoms with Crippen molar-refractivity contribution < 1.29 is 0 Å². The average molecular weight is 239 g/mol. The van der Waals surface area contributed by atoms with E-state index in [2.05, 4.69) is 50.9 Å². The third kappa shape index (κ3) is 1.24. The molecule has 4 aromatic rings. The third-order valence-corrected chi connectivity index (χ3v) is 3.92. The van der Waals surface area contributed by atoms with Gasteiger partial charge in [-0.15, -0.1) is 11.3 Å². The van der Waals surface area contributed by atoms with E-state index in [9.17, 15) is 0 Å². The number of rotatable bonds is 1. The molecule has 0 aliphatic carbocycles. The Morgan fingerprint density at radius 3 is 3.06 bits per heavy atom. The minimum absolute atomic E-state index is 1.03. The van der Waals surface area contributed by atoms with E-state index in [1.165, 1.54) is 10.1 Å². The highest BCUT2D eigenvalue weighted by Gasteiger charge is 2.09. The van der Waals surface area contributed by atoms with Crippen molar-refractivity contribution in [2.24, 2.45) is 0 Å². The van der Waals surface area contributed by atoms with Crippen molar-refractivity contribution in [1.29, 1.82) is 0 Å². The number of aromatic nitrogens is 3. The molecule has 0 bridgehead atoms. The molecule has 0 aliphatic rings. The van der Waals surface area contributed by atoms with Gasteiger partial charge in [-0.2, -0.15) is 5.10 Å². The summed E-state index contributed by atoms with van der Waals surface area (Å²) in [5, 5.41) is 10.8. The molecule has 82 valence electrons. The van der Waals surface area contributed by atoms with Crippen molar-refractivity contribution in [1.82, 2.24) is 15.2 Å². The molecular weight excluding hydrogens is 230 g/mol. The minimum atomic E-state index is 1.03. The van der Waals surface area contributed by atoms with Gasteiger partial charge in [0.2, 0.25) is 0 Å². The zero-order valence-corrected chi connectivity index (χ0v) is 9.71. The van der Waals surface area contributed by atoms with E-state index in [0.717, 1.165) is 22.3 Å². The second-order valence-corrected chi connectivity index (χ2v) is 4.93. The summed E-state index contributed by atoms with van der Waals surface area (Å²) in [4.78, 5) is 3.23. The maximum absolute atomic E-state index is 4.39. The van der Waals surface area contributed by atoms with Crippen molar-refractivity contribution in [3.05, 3.63) is 41.9 Å². The van der Waals surface area contributed by atoms with Crippen LogP contribution in [0.2, 0.25) is 0 Å². The van der Waals surface area contributed by atoms with Gasteiger partial charge in [-0.3, -0.25) is 5.10 Å². The summed E-state index contributed by atoms with van der Waals surface area (Å²) in [5.74, 6) is 0. The lowest BCUT2D eigenvalue weighted by Gasteiger charge is -1.97. The monoisotopic (exact) mass is 239 g/mol. The Hall–Kier alpha value is -2.07. The van der Waals surface area contributed by atoms with E-state index < -0.39 is 0 Å². The summed E-state index contributed by atoms with van der Waals surface area (Å²) in [6.45, 7) is 0. The van der Waals surface area contributed by atoms with Crippen LogP contribution < -0.4 is 0 Å². The molecule has 0 unspecified atom stereocenters. The summed E-state index contributed by atoms with van der Waals surface area (Å²) in [6, 6.07) is 10.5. The lowest BCUT2D eigenvalue weighted by atomic mass is 10.1. The van der Waals surface area contributed by atoms with Crippen LogP contribution in [0.3, 0.4) is 0 Å². The van der Waals surface area contributed by atoms with Gasteiger partial charge in [-0.1, -0.05) is 12.1 Å². The number of fused-ring (bicyclic) bond motifs is 2. The van der Waals surface area contributed by atoms with Crippen molar-refractivity contribution in [2.75, 3.05) is 0 Å². The molecule has 4 heteroatoms. The van der Waals surface area contributed by atoms with Gasteiger partial charge in [0.1, 0.15) is 5.69 Å². The van der Waals surface area contributed by atoms with Crippen LogP contribution in [0.4, 0.5) is 0 Å². The quantitative estimate of drug-likeness (QED) is 0.521. The number of H-pyrrole nitrogens is 2. The van der Waals surface area contributed by atoms with Gasteiger partial charge < -0.3 is 4.98 Å². The molecule has 0 radical (unpaired) electrons. The molecule has 3 aromatic heterocycles. The second kappa shape index (κ2) is 3.21. The number of hydrogen-bond donors (Lipinski definition) is 2. The predicted molar refractivity (Wildman–Crippen MR) is 71.3 cm³/mol. The van der Waals surface area contributed by atoms with Gasteiger partial charge in [-0.25, -0.2) is 0 Å². The SMILES string of the molecule is c1cc2ccc(-c3n[nH]c4ccsc34)cc2[nH]1. The highest BCUT2D eigenvalue weighted by molar-refractivity contribution is 7.17. The molecule has 0 aliphatic heterocycles. The molecule has 2 N–H and O–H groups in total. The van der Waals surface area contributed by atoms with E-state index >= 15 is 0 Å². The summed E-state index contributed by atoms with van der Waals surface area (Å²) in [6.07, 6.45) is 1.96. The number of aromatic amines is 2. The summed E-state index contributed by atoms with van der Waals surface area (Å²) < 4.78 is 1.22. The highest BCUT2D eigenvalue weighted by Crippen LogP contribution is 2.31. The fourth-order valence-electron chi connectivity index (χ4n) is 2.14. The van der Waals surface area contributed by atoms with Gasteiger partial charge >= 0.3 is 0 Å². The topological polar surface area (TPSA) is 44.5 Å². The Morgan fingerprint density at radius 2 is 2.06 bits per heavy atom. The highest BCUT2D eigenvalue weighted by atomic mass is 32.1. The number of hydrogen-bond acceptors (Lipinski definition) is 2. The van der Waals surface area contributed by atoms with Crippen molar-refractivity contribution in [3.8, 4) is 11.3 Å². The van der Waals surface area contributed by atoms with Crippen LogP contribution in [0.1, 0.15) is 0 Å². The molecular formula is C13H9N3S. The van der Waals surface area contributed by atoms with Crippen LogP contribution in [0, 0.1) is 0 Å². The lowest BCUT2D eigenvalue weighted by Crippen LogP contribution is -1.78. The lowest BCUT2D eigenvalue weighted by molar-refractivity contribution is 1.12. The van der Waals surface area contributed by atoms with Crippen LogP contribution in [-0.2, 0) is 0 Å². The number of nitrogens with zero attached hydrogens (tertiary/aromatic N) is 1. The predicted octanol–water partition coefficient (Wildman–Crippen LogP) is 3.77. The van der Waals surface area contributed by atoms with E-state index in [1.54, 1.807) is 11.3 Å². The van der Waals surface area contributed by atoms with Gasteiger partial charge in [0.25, 0.3) is 0 Å². The minimum Gasteiger partial charge on any atom is -0.361 e. The van der Waals surface area contributed by atoms with Gasteiger partial charge in [-0.05, 0) is 29.0 Å². The van der Waals surface area contributed by atoms with Crippen LogP contribution in [-0.4, -0.2) is 15.2 Å². The van der Waals surface area contributed by atoms with Crippen LogP contribution in [0.15, 0.2) is 41.9 Å². The maximum Gasteiger partial charge on any atom is 0.110 e. The molecule has 3 heterocycles. The molecule has 17 heavy (non-hydrogen) atoms. The van der Waals surface area contributed by atoms with Gasteiger partial charge in [0.05, 0.1) is 10.2 Å². The van der Waals surface area contributed by atoms with E-state index in [1.807, 2.05) is 6.20 Å². The number of thiophene rings is 1. The Bertz CT molecular complexity index is 806. The third-order valence-electron chi connectivity index (χ3n) is 3.00. The zero-order valence-electron chi connectivity index (χ0n) is 8.90. The second-order valence-electron chi connectivity index (χ2n) is 4.02. The molecule has 0 saturated carbocycles. The zero-order chi connectivity index (χ0) is 11.2. The first kappa shape index (κ1) is 9.01. The van der Waals surface area contributed by atoms with E-state index in [4.69, 9.17) is 0 Å².